The minimum absolute atomic E-state index is 0.116. The maximum atomic E-state index is 12.4. The third-order valence-electron chi connectivity index (χ3n) is 4.49. The highest BCUT2D eigenvalue weighted by Crippen LogP contribution is 2.36. The molecule has 29 heavy (non-hydrogen) atoms. The molecular weight excluding hydrogens is 398 g/mol. The number of carbonyl (C=O) groups excluding carboxylic acids is 1. The number of hydrogen-bond acceptors (Lipinski definition) is 7. The first kappa shape index (κ1) is 20.9. The molecule has 8 nitrogen and oxygen atoms in total. The second-order valence-corrected chi connectivity index (χ2v) is 8.25. The maximum absolute atomic E-state index is 12.4. The summed E-state index contributed by atoms with van der Waals surface area (Å²) in [5.41, 5.74) is 1.22. The van der Waals surface area contributed by atoms with E-state index in [1.54, 1.807) is 30.3 Å². The SMILES string of the molecule is CCCc1cc(S(=O)(=O)NC)ccc1OC(C(=O)OC)c1ccc2c(c1)OCO2. The van der Waals surface area contributed by atoms with Crippen LogP contribution in [-0.4, -0.2) is 35.3 Å². The fourth-order valence-corrected chi connectivity index (χ4v) is 3.76. The third kappa shape index (κ3) is 4.46. The Bertz CT molecular complexity index is 1000. The largest absolute Gasteiger partial charge is 0.474 e. The number of sulfonamides is 1. The molecular formula is C20H23NO7S. The number of ether oxygens (including phenoxy) is 4. The minimum Gasteiger partial charge on any atom is -0.474 e. The standard InChI is InChI=1S/C20H23NO7S/c1-4-5-13-10-15(29(23,24)21-2)7-9-16(13)28-19(20(22)25-3)14-6-8-17-18(11-14)27-12-26-17/h6-11,19,21H,4-5,12H2,1-3H3. The van der Waals surface area contributed by atoms with E-state index >= 15 is 0 Å². The molecule has 9 heteroatoms. The van der Waals surface area contributed by atoms with E-state index in [4.69, 9.17) is 18.9 Å². The van der Waals surface area contributed by atoms with Crippen LogP contribution in [0.3, 0.4) is 0 Å². The van der Waals surface area contributed by atoms with Crippen molar-refractivity contribution in [3.8, 4) is 17.2 Å². The van der Waals surface area contributed by atoms with Crippen LogP contribution in [-0.2, 0) is 26.0 Å². The number of aryl methyl sites for hydroxylation is 1. The van der Waals surface area contributed by atoms with Crippen molar-refractivity contribution in [3.05, 3.63) is 47.5 Å². The Morgan fingerprint density at radius 2 is 1.93 bits per heavy atom. The molecule has 0 aliphatic carbocycles. The smallest absolute Gasteiger partial charge is 0.351 e. The van der Waals surface area contributed by atoms with Crippen LogP contribution in [0.2, 0.25) is 0 Å². The van der Waals surface area contributed by atoms with Gasteiger partial charge < -0.3 is 18.9 Å². The number of carbonyl (C=O) groups is 1. The Balaban J connectivity index is 1.98. The summed E-state index contributed by atoms with van der Waals surface area (Å²) in [6.45, 7) is 2.09. The van der Waals surface area contributed by atoms with Gasteiger partial charge in [0.25, 0.3) is 0 Å². The van der Waals surface area contributed by atoms with E-state index < -0.39 is 22.1 Å². The van der Waals surface area contributed by atoms with Crippen LogP contribution in [0.4, 0.5) is 0 Å². The summed E-state index contributed by atoms with van der Waals surface area (Å²) < 4.78 is 48.1. The van der Waals surface area contributed by atoms with E-state index in [1.807, 2.05) is 6.92 Å². The molecule has 1 aliphatic heterocycles. The van der Waals surface area contributed by atoms with E-state index in [0.717, 1.165) is 6.42 Å². The van der Waals surface area contributed by atoms with Crippen LogP contribution in [0, 0.1) is 0 Å². The zero-order chi connectivity index (χ0) is 21.0. The van der Waals surface area contributed by atoms with Crippen molar-refractivity contribution < 1.29 is 32.2 Å². The summed E-state index contributed by atoms with van der Waals surface area (Å²) in [5.74, 6) is 0.933. The molecule has 0 amide bonds. The maximum Gasteiger partial charge on any atom is 0.351 e. The second kappa shape index (κ2) is 8.71. The van der Waals surface area contributed by atoms with Gasteiger partial charge in [-0.25, -0.2) is 17.9 Å². The van der Waals surface area contributed by atoms with Crippen molar-refractivity contribution in [2.24, 2.45) is 0 Å². The predicted molar refractivity (Wildman–Crippen MR) is 105 cm³/mol. The van der Waals surface area contributed by atoms with Gasteiger partial charge in [0.15, 0.2) is 11.5 Å². The zero-order valence-corrected chi connectivity index (χ0v) is 17.2. The fourth-order valence-electron chi connectivity index (χ4n) is 2.98. The monoisotopic (exact) mass is 421 g/mol. The molecule has 0 bridgehead atoms. The van der Waals surface area contributed by atoms with Gasteiger partial charge in [-0.3, -0.25) is 0 Å². The molecule has 0 radical (unpaired) electrons. The van der Waals surface area contributed by atoms with E-state index in [1.165, 1.54) is 20.2 Å². The van der Waals surface area contributed by atoms with E-state index in [9.17, 15) is 13.2 Å². The Morgan fingerprint density at radius 1 is 1.17 bits per heavy atom. The van der Waals surface area contributed by atoms with Gasteiger partial charge in [-0.1, -0.05) is 19.4 Å². The quantitative estimate of drug-likeness (QED) is 0.654. The molecule has 1 atom stereocenters. The van der Waals surface area contributed by atoms with Gasteiger partial charge in [0.2, 0.25) is 22.9 Å². The number of rotatable bonds is 8. The van der Waals surface area contributed by atoms with Crippen molar-refractivity contribution in [1.82, 2.24) is 4.72 Å². The van der Waals surface area contributed by atoms with Gasteiger partial charge in [0.05, 0.1) is 12.0 Å². The van der Waals surface area contributed by atoms with Gasteiger partial charge in [0, 0.05) is 5.56 Å². The highest BCUT2D eigenvalue weighted by atomic mass is 32.2. The van der Waals surface area contributed by atoms with Crippen molar-refractivity contribution in [3.63, 3.8) is 0 Å². The minimum atomic E-state index is -3.59. The van der Waals surface area contributed by atoms with Crippen LogP contribution in [0.25, 0.3) is 0 Å². The first-order valence-electron chi connectivity index (χ1n) is 9.10. The molecule has 0 spiro atoms. The summed E-state index contributed by atoms with van der Waals surface area (Å²) in [6, 6.07) is 9.62. The summed E-state index contributed by atoms with van der Waals surface area (Å²) in [4.78, 5) is 12.6. The normalized spacial score (nSPS) is 13.8. The molecule has 1 unspecified atom stereocenters. The lowest BCUT2D eigenvalue weighted by atomic mass is 10.1. The van der Waals surface area contributed by atoms with Crippen molar-refractivity contribution in [1.29, 1.82) is 0 Å². The molecule has 0 saturated heterocycles. The van der Waals surface area contributed by atoms with E-state index in [-0.39, 0.29) is 11.7 Å². The number of methoxy groups -OCH3 is 1. The van der Waals surface area contributed by atoms with E-state index in [0.29, 0.717) is 34.8 Å². The number of fused-ring (bicyclic) bond motifs is 1. The van der Waals surface area contributed by atoms with Crippen molar-refractivity contribution in [2.75, 3.05) is 21.0 Å². The van der Waals surface area contributed by atoms with Crippen LogP contribution in [0.15, 0.2) is 41.3 Å². The third-order valence-corrected chi connectivity index (χ3v) is 5.90. The number of nitrogens with one attached hydrogen (secondary N) is 1. The Labute approximate surface area is 169 Å². The predicted octanol–water partition coefficient (Wildman–Crippen LogP) is 2.57. The summed E-state index contributed by atoms with van der Waals surface area (Å²) in [7, 11) is -0.960. The highest BCUT2D eigenvalue weighted by Gasteiger charge is 2.27. The molecule has 0 fully saturated rings. The van der Waals surface area contributed by atoms with Crippen molar-refractivity contribution >= 4 is 16.0 Å². The van der Waals surface area contributed by atoms with Crippen LogP contribution >= 0.6 is 0 Å². The lowest BCUT2D eigenvalue weighted by Gasteiger charge is -2.20. The molecule has 3 rings (SSSR count). The second-order valence-electron chi connectivity index (χ2n) is 6.36. The molecule has 2 aromatic carbocycles. The zero-order valence-electron chi connectivity index (χ0n) is 16.4. The van der Waals surface area contributed by atoms with Gasteiger partial charge in [-0.15, -0.1) is 0 Å². The van der Waals surface area contributed by atoms with Crippen LogP contribution in [0.1, 0.15) is 30.6 Å². The first-order valence-corrected chi connectivity index (χ1v) is 10.6. The average Bonchev–Trinajstić information content (AvgIpc) is 3.20. The molecule has 1 N–H and O–H groups in total. The van der Waals surface area contributed by atoms with Gasteiger partial charge in [-0.05, 0) is 49.4 Å². The molecule has 1 aliphatic rings. The Kier molecular flexibility index (Phi) is 6.29. The van der Waals surface area contributed by atoms with Gasteiger partial charge in [0.1, 0.15) is 5.75 Å². The van der Waals surface area contributed by atoms with Crippen molar-refractivity contribution in [2.45, 2.75) is 30.8 Å². The molecule has 2 aromatic rings. The summed E-state index contributed by atoms with van der Waals surface area (Å²) >= 11 is 0. The molecule has 0 saturated carbocycles. The number of hydrogen-bond donors (Lipinski definition) is 1. The fraction of sp³-hybridized carbons (Fsp3) is 0.350. The molecule has 156 valence electrons. The topological polar surface area (TPSA) is 100 Å². The lowest BCUT2D eigenvalue weighted by molar-refractivity contribution is -0.149. The van der Waals surface area contributed by atoms with Crippen LogP contribution < -0.4 is 18.9 Å². The number of benzene rings is 2. The highest BCUT2D eigenvalue weighted by molar-refractivity contribution is 7.89. The number of esters is 1. The van der Waals surface area contributed by atoms with Gasteiger partial charge >= 0.3 is 5.97 Å². The Hall–Kier alpha value is -2.78. The average molecular weight is 421 g/mol. The van der Waals surface area contributed by atoms with Gasteiger partial charge in [-0.2, -0.15) is 0 Å². The summed E-state index contributed by atoms with van der Waals surface area (Å²) in [5, 5.41) is 0. The van der Waals surface area contributed by atoms with Crippen LogP contribution in [0.5, 0.6) is 17.2 Å². The molecule has 1 heterocycles. The van der Waals surface area contributed by atoms with E-state index in [2.05, 4.69) is 4.72 Å². The Morgan fingerprint density at radius 3 is 2.62 bits per heavy atom. The molecule has 0 aromatic heterocycles. The first-order chi connectivity index (χ1) is 13.9. The summed E-state index contributed by atoms with van der Waals surface area (Å²) in [6.07, 6.45) is 0.306. The lowest BCUT2D eigenvalue weighted by Crippen LogP contribution is -2.21.